The summed E-state index contributed by atoms with van der Waals surface area (Å²) in [4.78, 5) is 16.4. The molecule has 0 aliphatic rings. The van der Waals surface area contributed by atoms with Gasteiger partial charge < -0.3 is 0 Å². The number of aromatic nitrogens is 1. The van der Waals surface area contributed by atoms with Gasteiger partial charge in [0, 0.05) is 28.8 Å². The normalized spacial score (nSPS) is 10.9. The fourth-order valence-corrected chi connectivity index (χ4v) is 2.97. The van der Waals surface area contributed by atoms with Crippen molar-refractivity contribution >= 4 is 38.9 Å². The highest BCUT2D eigenvalue weighted by molar-refractivity contribution is 7.17. The SMILES string of the molecule is O=C(Cc1c(F)cccc1Cl)c1cnc2ccsc2c1. The van der Waals surface area contributed by atoms with Crippen LogP contribution in [0.1, 0.15) is 15.9 Å². The maximum atomic E-state index is 13.7. The van der Waals surface area contributed by atoms with Crippen LogP contribution in [0.5, 0.6) is 0 Å². The van der Waals surface area contributed by atoms with Crippen LogP contribution in [0, 0.1) is 5.82 Å². The zero-order valence-corrected chi connectivity index (χ0v) is 11.8. The third kappa shape index (κ3) is 2.44. The number of ketones is 1. The van der Waals surface area contributed by atoms with Gasteiger partial charge in [0.05, 0.1) is 10.2 Å². The summed E-state index contributed by atoms with van der Waals surface area (Å²) in [6, 6.07) is 8.07. The molecule has 20 heavy (non-hydrogen) atoms. The Morgan fingerprint density at radius 1 is 1.35 bits per heavy atom. The topological polar surface area (TPSA) is 30.0 Å². The lowest BCUT2D eigenvalue weighted by molar-refractivity contribution is 0.0991. The van der Waals surface area contributed by atoms with Gasteiger partial charge in [0.25, 0.3) is 0 Å². The lowest BCUT2D eigenvalue weighted by Gasteiger charge is -2.05. The smallest absolute Gasteiger partial charge is 0.168 e. The summed E-state index contributed by atoms with van der Waals surface area (Å²) in [6.45, 7) is 0. The van der Waals surface area contributed by atoms with Gasteiger partial charge in [-0.25, -0.2) is 4.39 Å². The van der Waals surface area contributed by atoms with Crippen LogP contribution >= 0.6 is 22.9 Å². The minimum absolute atomic E-state index is 0.0654. The molecule has 0 radical (unpaired) electrons. The van der Waals surface area contributed by atoms with Crippen LogP contribution in [0.25, 0.3) is 10.2 Å². The molecule has 2 heterocycles. The number of benzene rings is 1. The van der Waals surface area contributed by atoms with E-state index in [9.17, 15) is 9.18 Å². The summed E-state index contributed by atoms with van der Waals surface area (Å²) in [7, 11) is 0. The van der Waals surface area contributed by atoms with E-state index in [0.29, 0.717) is 5.56 Å². The molecule has 0 amide bonds. The van der Waals surface area contributed by atoms with Crippen molar-refractivity contribution in [2.45, 2.75) is 6.42 Å². The first-order chi connectivity index (χ1) is 9.65. The molecule has 0 bridgehead atoms. The predicted octanol–water partition coefficient (Wildman–Crippen LogP) is 4.51. The third-order valence-corrected chi connectivity index (χ3v) is 4.23. The molecule has 0 N–H and O–H groups in total. The van der Waals surface area contributed by atoms with Crippen LogP contribution in [-0.4, -0.2) is 10.8 Å². The first kappa shape index (κ1) is 13.2. The number of nitrogens with zero attached hydrogens (tertiary/aromatic N) is 1. The average molecular weight is 306 g/mol. The quantitative estimate of drug-likeness (QED) is 0.666. The molecule has 0 spiro atoms. The van der Waals surface area contributed by atoms with E-state index in [-0.39, 0.29) is 22.8 Å². The molecule has 3 rings (SSSR count). The summed E-state index contributed by atoms with van der Waals surface area (Å²) < 4.78 is 14.6. The number of rotatable bonds is 3. The van der Waals surface area contributed by atoms with Crippen molar-refractivity contribution in [3.05, 3.63) is 63.9 Å². The van der Waals surface area contributed by atoms with Crippen molar-refractivity contribution in [3.8, 4) is 0 Å². The fraction of sp³-hybridized carbons (Fsp3) is 0.0667. The molecular formula is C15H9ClFNOS. The maximum Gasteiger partial charge on any atom is 0.168 e. The van der Waals surface area contributed by atoms with Crippen molar-refractivity contribution in [2.75, 3.05) is 0 Å². The number of fused-ring (bicyclic) bond motifs is 1. The molecule has 5 heteroatoms. The molecule has 2 aromatic heterocycles. The van der Waals surface area contributed by atoms with Crippen LogP contribution < -0.4 is 0 Å². The first-order valence-electron chi connectivity index (χ1n) is 5.94. The molecule has 2 nitrogen and oxygen atoms in total. The van der Waals surface area contributed by atoms with Gasteiger partial charge in [-0.05, 0) is 29.6 Å². The van der Waals surface area contributed by atoms with Crippen LogP contribution in [0.15, 0.2) is 41.9 Å². The van der Waals surface area contributed by atoms with E-state index in [2.05, 4.69) is 4.98 Å². The Morgan fingerprint density at radius 3 is 3.00 bits per heavy atom. The third-order valence-electron chi connectivity index (χ3n) is 3.02. The molecule has 0 saturated heterocycles. The highest BCUT2D eigenvalue weighted by Gasteiger charge is 2.14. The summed E-state index contributed by atoms with van der Waals surface area (Å²) in [6.07, 6.45) is 1.45. The molecule has 0 saturated carbocycles. The van der Waals surface area contributed by atoms with E-state index in [1.807, 2.05) is 11.4 Å². The fourth-order valence-electron chi connectivity index (χ4n) is 1.96. The van der Waals surface area contributed by atoms with Crippen molar-refractivity contribution in [1.82, 2.24) is 4.98 Å². The summed E-state index contributed by atoms with van der Waals surface area (Å²) in [5, 5.41) is 2.18. The van der Waals surface area contributed by atoms with E-state index >= 15 is 0 Å². The molecule has 0 aliphatic carbocycles. The second kappa shape index (κ2) is 5.31. The number of carbonyl (C=O) groups is 1. The van der Waals surface area contributed by atoms with Gasteiger partial charge in [0.2, 0.25) is 0 Å². The van der Waals surface area contributed by atoms with Crippen LogP contribution in [0.4, 0.5) is 4.39 Å². The summed E-state index contributed by atoms with van der Waals surface area (Å²) in [5.41, 5.74) is 1.56. The Bertz CT molecular complexity index is 779. The lowest BCUT2D eigenvalue weighted by Crippen LogP contribution is -2.06. The predicted molar refractivity (Wildman–Crippen MR) is 79.1 cm³/mol. The number of carbonyl (C=O) groups excluding carboxylic acids is 1. The molecule has 3 aromatic rings. The minimum atomic E-state index is -0.462. The Kier molecular flexibility index (Phi) is 3.51. The van der Waals surface area contributed by atoms with Gasteiger partial charge in [-0.3, -0.25) is 9.78 Å². The molecule has 0 fully saturated rings. The summed E-state index contributed by atoms with van der Waals surface area (Å²) in [5.74, 6) is -0.657. The minimum Gasteiger partial charge on any atom is -0.294 e. The molecular weight excluding hydrogens is 297 g/mol. The van der Waals surface area contributed by atoms with E-state index < -0.39 is 5.82 Å². The largest absolute Gasteiger partial charge is 0.294 e. The second-order valence-corrected chi connectivity index (χ2v) is 5.68. The maximum absolute atomic E-state index is 13.7. The Hall–Kier alpha value is -1.78. The molecule has 1 aromatic carbocycles. The summed E-state index contributed by atoms with van der Waals surface area (Å²) >= 11 is 7.45. The van der Waals surface area contributed by atoms with E-state index in [0.717, 1.165) is 10.2 Å². The Morgan fingerprint density at radius 2 is 2.20 bits per heavy atom. The first-order valence-corrected chi connectivity index (χ1v) is 7.20. The van der Waals surface area contributed by atoms with Gasteiger partial charge in [0.15, 0.2) is 5.78 Å². The van der Waals surface area contributed by atoms with E-state index in [1.54, 1.807) is 12.1 Å². The number of thiophene rings is 1. The molecule has 100 valence electrons. The zero-order chi connectivity index (χ0) is 14.1. The highest BCUT2D eigenvalue weighted by Crippen LogP contribution is 2.23. The number of Topliss-reactive ketones (excluding diaryl/α,β-unsaturated/α-hetero) is 1. The van der Waals surface area contributed by atoms with Gasteiger partial charge >= 0.3 is 0 Å². The van der Waals surface area contributed by atoms with Gasteiger partial charge in [0.1, 0.15) is 5.82 Å². The standard InChI is InChI=1S/C15H9ClFNOS/c16-11-2-1-3-12(17)10(11)7-14(19)9-6-15-13(18-8-9)4-5-20-15/h1-6,8H,7H2. The Balaban J connectivity index is 1.92. The van der Waals surface area contributed by atoms with E-state index in [1.165, 1.54) is 29.7 Å². The second-order valence-electron chi connectivity index (χ2n) is 4.33. The Labute approximate surface area is 123 Å². The van der Waals surface area contributed by atoms with Crippen molar-refractivity contribution in [3.63, 3.8) is 0 Å². The van der Waals surface area contributed by atoms with Crippen molar-refractivity contribution < 1.29 is 9.18 Å². The number of halogens is 2. The number of pyridine rings is 1. The zero-order valence-electron chi connectivity index (χ0n) is 10.3. The van der Waals surface area contributed by atoms with Crippen molar-refractivity contribution in [1.29, 1.82) is 0 Å². The van der Waals surface area contributed by atoms with Gasteiger partial charge in [-0.2, -0.15) is 0 Å². The van der Waals surface area contributed by atoms with Gasteiger partial charge in [-0.15, -0.1) is 11.3 Å². The number of hydrogen-bond acceptors (Lipinski definition) is 3. The van der Waals surface area contributed by atoms with Crippen LogP contribution in [-0.2, 0) is 6.42 Å². The average Bonchev–Trinajstić information content (AvgIpc) is 2.90. The lowest BCUT2D eigenvalue weighted by atomic mass is 10.0. The van der Waals surface area contributed by atoms with Crippen molar-refractivity contribution in [2.24, 2.45) is 0 Å². The molecule has 0 unspecified atom stereocenters. The van der Waals surface area contributed by atoms with Crippen LogP contribution in [0.3, 0.4) is 0 Å². The monoisotopic (exact) mass is 305 g/mol. The number of hydrogen-bond donors (Lipinski definition) is 0. The molecule has 0 atom stereocenters. The van der Waals surface area contributed by atoms with Crippen LogP contribution in [0.2, 0.25) is 5.02 Å². The van der Waals surface area contributed by atoms with E-state index in [4.69, 9.17) is 11.6 Å². The van der Waals surface area contributed by atoms with Gasteiger partial charge in [-0.1, -0.05) is 17.7 Å². The highest BCUT2D eigenvalue weighted by atomic mass is 35.5. The molecule has 0 aliphatic heterocycles.